The van der Waals surface area contributed by atoms with Crippen LogP contribution in [0.25, 0.3) is 0 Å². The van der Waals surface area contributed by atoms with Crippen LogP contribution in [-0.2, 0) is 19.5 Å². The van der Waals surface area contributed by atoms with Crippen molar-refractivity contribution in [2.24, 2.45) is 0 Å². The van der Waals surface area contributed by atoms with Crippen LogP contribution in [0.1, 0.15) is 41.5 Å². The Morgan fingerprint density at radius 2 is 0.520 bits per heavy atom. The molecule has 1 radical (unpaired) electrons. The van der Waals surface area contributed by atoms with Crippen LogP contribution in [0.4, 0.5) is 0 Å². The summed E-state index contributed by atoms with van der Waals surface area (Å²) in [5.74, 6) is 1.03. The number of carbonyl (C=O) groups excluding carboxylic acids is 6. The minimum absolute atomic E-state index is 0. The van der Waals surface area contributed by atoms with E-state index in [9.17, 15) is 0 Å². The quantitative estimate of drug-likeness (QED) is 0.182. The molecule has 0 amide bonds. The Labute approximate surface area is 185 Å². The van der Waals surface area contributed by atoms with Crippen molar-refractivity contribution >= 4 is 82.5 Å². The number of ketones is 6. The molecule has 0 aromatic heterocycles. The molecule has 0 aromatic rings. The Bertz CT molecular complexity index is 394. The molecule has 6 N–H and O–H groups in total. The molecule has 25 heavy (non-hydrogen) atoms. The van der Waals surface area contributed by atoms with Crippen molar-refractivity contribution in [1.29, 1.82) is 0 Å². The van der Waals surface area contributed by atoms with Crippen molar-refractivity contribution in [3.63, 3.8) is 0 Å². The van der Waals surface area contributed by atoms with Crippen LogP contribution < -0.4 is 0 Å². The summed E-state index contributed by atoms with van der Waals surface area (Å²) in [5, 5.41) is 0. The number of halogens is 3. The second-order valence-corrected chi connectivity index (χ2v) is 7.68. The first kappa shape index (κ1) is 32.7. The van der Waals surface area contributed by atoms with E-state index in [0.717, 1.165) is 0 Å². The van der Waals surface area contributed by atoms with Crippen LogP contribution in [0.5, 0.6) is 0 Å². The van der Waals surface area contributed by atoms with E-state index in [1.54, 1.807) is 0 Å². The number of rotatable bonds is 6. The van der Waals surface area contributed by atoms with Crippen molar-refractivity contribution in [3.05, 3.63) is 0 Å². The zero-order valence-corrected chi connectivity index (χ0v) is 21.3. The summed E-state index contributed by atoms with van der Waals surface area (Å²) in [6.45, 7) is 9.16. The van der Waals surface area contributed by atoms with Gasteiger partial charge < -0.3 is 0 Å². The molecule has 0 rings (SSSR count). The summed E-state index contributed by atoms with van der Waals surface area (Å²) in [5.41, 5.74) is 0. The fourth-order valence-electron chi connectivity index (χ4n) is 0.907. The van der Waals surface area contributed by atoms with E-state index in [2.05, 4.69) is 47.8 Å². The fourth-order valence-corrected chi connectivity index (χ4v) is 0.907. The first-order valence-electron chi connectivity index (χ1n) is 6.73. The topological polar surface area (TPSA) is 128 Å². The molecule has 147 valence electrons. The molecule has 0 fully saturated rings. The maximum atomic E-state index is 8.68. The standard InChI is InChI=1S/3C5H7BrO2.Rh/c3*1-3(7)5(6)4(2)8;/h3*5H,1-2H3;/p+6. The van der Waals surface area contributed by atoms with Crippen molar-refractivity contribution in [1.82, 2.24) is 0 Å². The van der Waals surface area contributed by atoms with E-state index in [0.29, 0.717) is 0 Å². The van der Waals surface area contributed by atoms with E-state index < -0.39 is 0 Å². The maximum absolute atomic E-state index is 8.68. The Morgan fingerprint density at radius 3 is 0.520 bits per heavy atom. The third-order valence-corrected chi connectivity index (χ3v) is 6.18. The Morgan fingerprint density at radius 1 is 0.440 bits per heavy atom. The molecular weight excluding hydrogens is 619 g/mol. The molecule has 0 saturated carbocycles. The average Bonchev–Trinajstić information content (AvgIpc) is 2.45. The van der Waals surface area contributed by atoms with Gasteiger partial charge in [0, 0.05) is 61.0 Å². The zero-order chi connectivity index (χ0) is 20.2. The zero-order valence-electron chi connectivity index (χ0n) is 14.9. The third kappa shape index (κ3) is 20.2. The van der Waals surface area contributed by atoms with E-state index in [1.807, 2.05) is 0 Å². The molecule has 0 saturated heterocycles. The summed E-state index contributed by atoms with van der Waals surface area (Å²) >= 11 is 9.10. The molecule has 10 heteroatoms. The van der Waals surface area contributed by atoms with E-state index in [-0.39, 0.29) is 68.7 Å². The van der Waals surface area contributed by atoms with Crippen LogP contribution in [0.2, 0.25) is 0 Å². The van der Waals surface area contributed by atoms with Crippen molar-refractivity contribution < 1.29 is 48.2 Å². The van der Waals surface area contributed by atoms with Gasteiger partial charge in [-0.15, -0.1) is 0 Å². The minimum atomic E-state index is -0.373. The van der Waals surface area contributed by atoms with Gasteiger partial charge in [0.25, 0.3) is 0 Å². The molecule has 6 nitrogen and oxygen atoms in total. The molecule has 0 atom stereocenters. The SMILES string of the molecule is CC(=[OH+])C(Br)C(C)=[OH+].CC(=[OH+])C(Br)C(C)=[OH+].CC(=[OH+])C(Br)C(C)=[OH+].[Rh]. The van der Waals surface area contributed by atoms with Crippen LogP contribution in [0.15, 0.2) is 0 Å². The van der Waals surface area contributed by atoms with Gasteiger partial charge in [0.15, 0.2) is 0 Å². The predicted molar refractivity (Wildman–Crippen MR) is 114 cm³/mol. The Balaban J connectivity index is -0.000000130. The Hall–Kier alpha value is 0.0834. The molecule has 0 aliphatic rings. The second kappa shape index (κ2) is 17.5. The number of hydrogen-bond donors (Lipinski definition) is 0. The van der Waals surface area contributed by atoms with Gasteiger partial charge in [-0.2, -0.15) is 0 Å². The normalized spacial score (nSPS) is 12.4. The van der Waals surface area contributed by atoms with Gasteiger partial charge in [0.05, 0.1) is 0 Å². The van der Waals surface area contributed by atoms with E-state index in [4.69, 9.17) is 28.8 Å². The number of alkyl halides is 3. The molecule has 0 spiro atoms. The van der Waals surface area contributed by atoms with E-state index in [1.165, 1.54) is 41.5 Å². The van der Waals surface area contributed by atoms with Crippen LogP contribution in [-0.4, -0.2) is 77.9 Å². The van der Waals surface area contributed by atoms with Crippen molar-refractivity contribution in [2.75, 3.05) is 0 Å². The van der Waals surface area contributed by atoms with Gasteiger partial charge in [-0.3, -0.25) is 28.8 Å². The summed E-state index contributed by atoms with van der Waals surface area (Å²) < 4.78 is 0. The molecule has 0 aliphatic carbocycles. The largest absolute Gasteiger partial charge is 0.316 e. The first-order valence-corrected chi connectivity index (χ1v) is 9.48. The average molecular weight is 646 g/mol. The van der Waals surface area contributed by atoms with Crippen molar-refractivity contribution in [2.45, 2.75) is 56.0 Å². The fraction of sp³-hybridized carbons (Fsp3) is 0.600. The first-order chi connectivity index (χ1) is 10.7. The second-order valence-electron chi connectivity index (χ2n) is 4.94. The van der Waals surface area contributed by atoms with Crippen molar-refractivity contribution in [3.8, 4) is 0 Å². The van der Waals surface area contributed by atoms with Gasteiger partial charge in [-0.05, 0) is 0 Å². The summed E-state index contributed by atoms with van der Waals surface area (Å²) in [6.07, 6.45) is 0. The smallest absolute Gasteiger partial charge is 0.282 e. The van der Waals surface area contributed by atoms with Gasteiger partial charge in [0.1, 0.15) is 0 Å². The van der Waals surface area contributed by atoms with Gasteiger partial charge in [-0.25, -0.2) is 0 Å². The maximum Gasteiger partial charge on any atom is 0.316 e. The molecule has 0 bridgehead atoms. The third-order valence-electron chi connectivity index (χ3n) is 2.20. The van der Waals surface area contributed by atoms with Crippen LogP contribution in [0.3, 0.4) is 0 Å². The van der Waals surface area contributed by atoms with Gasteiger partial charge in [-0.1, -0.05) is 47.8 Å². The molecule has 0 heterocycles. The molecule has 0 aromatic carbocycles. The molecule has 0 aliphatic heterocycles. The summed E-state index contributed by atoms with van der Waals surface area (Å²) in [4.78, 5) is 51.0. The van der Waals surface area contributed by atoms with Crippen LogP contribution >= 0.6 is 47.8 Å². The summed E-state index contributed by atoms with van der Waals surface area (Å²) in [6, 6.07) is 0. The van der Waals surface area contributed by atoms with E-state index >= 15 is 0 Å². The summed E-state index contributed by atoms with van der Waals surface area (Å²) in [7, 11) is 0. The molecule has 0 unspecified atom stereocenters. The van der Waals surface area contributed by atoms with Gasteiger partial charge >= 0.3 is 34.7 Å². The Kier molecular flexibility index (Phi) is 22.9. The molecular formula is C15H27Br3O6Rh+6. The van der Waals surface area contributed by atoms with Gasteiger partial charge in [0.2, 0.25) is 14.5 Å². The minimum Gasteiger partial charge on any atom is -0.282 e. The number of hydrogen-bond acceptors (Lipinski definition) is 0. The monoisotopic (exact) mass is 643 g/mol. The predicted octanol–water partition coefficient (Wildman–Crippen LogP) is 2.64. The van der Waals surface area contributed by atoms with Crippen LogP contribution in [0, 0.1) is 0 Å².